The number of thiazole rings is 1. The zero-order valence-electron chi connectivity index (χ0n) is 14.2. The van der Waals surface area contributed by atoms with Gasteiger partial charge in [-0.25, -0.2) is 4.98 Å². The first-order chi connectivity index (χ1) is 12.3. The molecule has 1 unspecified atom stereocenters. The molecule has 2 aliphatic rings. The third-order valence-electron chi connectivity index (χ3n) is 4.83. The smallest absolute Gasteiger partial charge is 0.161 e. The van der Waals surface area contributed by atoms with E-state index in [1.54, 1.807) is 11.3 Å². The molecule has 2 aromatic rings. The van der Waals surface area contributed by atoms with Crippen LogP contribution >= 0.6 is 22.9 Å². The van der Waals surface area contributed by atoms with Gasteiger partial charge in [0, 0.05) is 35.8 Å². The number of benzene rings is 1. The lowest BCUT2D eigenvalue weighted by Gasteiger charge is -2.34. The number of halogens is 1. The van der Waals surface area contributed by atoms with Crippen LogP contribution < -0.4 is 0 Å². The fourth-order valence-electron chi connectivity index (χ4n) is 3.61. The highest BCUT2D eigenvalue weighted by molar-refractivity contribution is 7.09. The van der Waals surface area contributed by atoms with Gasteiger partial charge >= 0.3 is 0 Å². The van der Waals surface area contributed by atoms with Gasteiger partial charge in [0.25, 0.3) is 0 Å². The van der Waals surface area contributed by atoms with Crippen LogP contribution in [0.2, 0.25) is 5.02 Å². The summed E-state index contributed by atoms with van der Waals surface area (Å²) in [4.78, 5) is 7.31. The van der Waals surface area contributed by atoms with Gasteiger partial charge in [-0.05, 0) is 37.1 Å². The van der Waals surface area contributed by atoms with Crippen molar-refractivity contribution in [1.29, 1.82) is 0 Å². The molecule has 1 aromatic heterocycles. The normalized spacial score (nSPS) is 22.5. The van der Waals surface area contributed by atoms with Gasteiger partial charge in [0.1, 0.15) is 0 Å². The quantitative estimate of drug-likeness (QED) is 0.788. The fraction of sp³-hybridized carbons (Fsp3) is 0.526. The molecule has 2 fully saturated rings. The molecule has 1 atom stereocenters. The third kappa shape index (κ3) is 4.60. The van der Waals surface area contributed by atoms with Gasteiger partial charge in [0.15, 0.2) is 6.29 Å². The summed E-state index contributed by atoms with van der Waals surface area (Å²) < 4.78 is 11.4. The summed E-state index contributed by atoms with van der Waals surface area (Å²) in [5.41, 5.74) is 2.42. The molecule has 6 heteroatoms. The summed E-state index contributed by atoms with van der Waals surface area (Å²) in [5, 5.41) is 4.13. The molecule has 0 amide bonds. The van der Waals surface area contributed by atoms with Gasteiger partial charge in [-0.3, -0.25) is 4.90 Å². The summed E-state index contributed by atoms with van der Waals surface area (Å²) in [7, 11) is 0. The molecule has 1 aromatic carbocycles. The van der Waals surface area contributed by atoms with E-state index in [9.17, 15) is 0 Å². The summed E-state index contributed by atoms with van der Waals surface area (Å²) >= 11 is 7.69. The van der Waals surface area contributed by atoms with Gasteiger partial charge in [-0.1, -0.05) is 23.7 Å². The molecular formula is C19H23ClN2O2S. The van der Waals surface area contributed by atoms with Gasteiger partial charge in [-0.15, -0.1) is 11.3 Å². The van der Waals surface area contributed by atoms with Gasteiger partial charge in [0.05, 0.1) is 23.9 Å². The van der Waals surface area contributed by atoms with Crippen LogP contribution in [0.25, 0.3) is 0 Å². The zero-order valence-corrected chi connectivity index (χ0v) is 15.8. The number of ether oxygens (including phenoxy) is 2. The molecule has 134 valence electrons. The monoisotopic (exact) mass is 378 g/mol. The van der Waals surface area contributed by atoms with Crippen molar-refractivity contribution in [3.05, 3.63) is 50.9 Å². The minimum absolute atomic E-state index is 0.00120. The molecule has 4 rings (SSSR count). The van der Waals surface area contributed by atoms with Crippen LogP contribution in [0.1, 0.15) is 29.1 Å². The van der Waals surface area contributed by atoms with Crippen molar-refractivity contribution in [2.75, 3.05) is 26.3 Å². The minimum Gasteiger partial charge on any atom is -0.350 e. The molecule has 2 saturated heterocycles. The molecule has 0 saturated carbocycles. The number of rotatable bonds is 5. The Balaban J connectivity index is 1.33. The molecular weight excluding hydrogens is 356 g/mol. The molecule has 4 nitrogen and oxygen atoms in total. The SMILES string of the molecule is Clc1ccc(Cc2nc(CN3CCCC(C4OCCO4)C3)cs2)cc1. The topological polar surface area (TPSA) is 34.6 Å². The van der Waals surface area contributed by atoms with Crippen molar-refractivity contribution in [3.8, 4) is 0 Å². The van der Waals surface area contributed by atoms with Crippen molar-refractivity contribution in [1.82, 2.24) is 9.88 Å². The van der Waals surface area contributed by atoms with Gasteiger partial charge in [0.2, 0.25) is 0 Å². The van der Waals surface area contributed by atoms with Crippen LogP contribution in [-0.2, 0) is 22.4 Å². The van der Waals surface area contributed by atoms with Crippen LogP contribution in [-0.4, -0.2) is 42.5 Å². The summed E-state index contributed by atoms with van der Waals surface area (Å²) in [6.45, 7) is 4.56. The van der Waals surface area contributed by atoms with Crippen LogP contribution in [0.3, 0.4) is 0 Å². The molecule has 0 N–H and O–H groups in total. The Morgan fingerprint density at radius 1 is 1.20 bits per heavy atom. The maximum Gasteiger partial charge on any atom is 0.161 e. The van der Waals surface area contributed by atoms with Crippen LogP contribution in [0.5, 0.6) is 0 Å². The highest BCUT2D eigenvalue weighted by Crippen LogP contribution is 2.26. The first-order valence-electron chi connectivity index (χ1n) is 8.89. The average Bonchev–Trinajstić information content (AvgIpc) is 3.30. The van der Waals surface area contributed by atoms with E-state index < -0.39 is 0 Å². The Labute approximate surface area is 157 Å². The summed E-state index contributed by atoms with van der Waals surface area (Å²) in [5.74, 6) is 0.489. The third-order valence-corrected chi connectivity index (χ3v) is 5.98. The van der Waals surface area contributed by atoms with E-state index in [0.717, 1.165) is 49.3 Å². The van der Waals surface area contributed by atoms with E-state index >= 15 is 0 Å². The summed E-state index contributed by atoms with van der Waals surface area (Å²) in [6.07, 6.45) is 3.27. The lowest BCUT2D eigenvalue weighted by molar-refractivity contribution is -0.101. The Hall–Kier alpha value is -0.980. The van der Waals surface area contributed by atoms with E-state index in [2.05, 4.69) is 22.4 Å². The molecule has 0 bridgehead atoms. The first-order valence-corrected chi connectivity index (χ1v) is 10.2. The van der Waals surface area contributed by atoms with Crippen LogP contribution in [0.4, 0.5) is 0 Å². The molecule has 0 spiro atoms. The van der Waals surface area contributed by atoms with Crippen molar-refractivity contribution < 1.29 is 9.47 Å². The number of likely N-dealkylation sites (tertiary alicyclic amines) is 1. The zero-order chi connectivity index (χ0) is 17.1. The number of aromatic nitrogens is 1. The number of hydrogen-bond donors (Lipinski definition) is 0. The Bertz CT molecular complexity index is 685. The lowest BCUT2D eigenvalue weighted by atomic mass is 9.97. The highest BCUT2D eigenvalue weighted by Gasteiger charge is 2.31. The Morgan fingerprint density at radius 3 is 2.80 bits per heavy atom. The maximum absolute atomic E-state index is 5.95. The second kappa shape index (κ2) is 8.14. The molecule has 0 radical (unpaired) electrons. The van der Waals surface area contributed by atoms with Crippen molar-refractivity contribution in [3.63, 3.8) is 0 Å². The van der Waals surface area contributed by atoms with Crippen molar-refractivity contribution in [2.24, 2.45) is 5.92 Å². The number of hydrogen-bond acceptors (Lipinski definition) is 5. The van der Waals surface area contributed by atoms with E-state index in [-0.39, 0.29) is 6.29 Å². The lowest BCUT2D eigenvalue weighted by Crippen LogP contribution is -2.40. The van der Waals surface area contributed by atoms with Crippen LogP contribution in [0, 0.1) is 5.92 Å². The summed E-state index contributed by atoms with van der Waals surface area (Å²) in [6, 6.07) is 8.01. The predicted molar refractivity (Wildman–Crippen MR) is 100 cm³/mol. The van der Waals surface area contributed by atoms with E-state index in [4.69, 9.17) is 26.1 Å². The highest BCUT2D eigenvalue weighted by atomic mass is 35.5. The van der Waals surface area contributed by atoms with Crippen LogP contribution in [0.15, 0.2) is 29.6 Å². The number of nitrogens with zero attached hydrogens (tertiary/aromatic N) is 2. The van der Waals surface area contributed by atoms with Gasteiger partial charge in [-0.2, -0.15) is 0 Å². The second-order valence-electron chi connectivity index (χ2n) is 6.78. The average molecular weight is 379 g/mol. The molecule has 3 heterocycles. The molecule has 0 aliphatic carbocycles. The maximum atomic E-state index is 5.95. The standard InChI is InChI=1S/C19H23ClN2O2S/c20-16-5-3-14(4-6-16)10-18-21-17(13-25-18)12-22-7-1-2-15(11-22)19-23-8-9-24-19/h3-6,13,15,19H,1-2,7-12H2. The first kappa shape index (κ1) is 17.4. The Kier molecular flexibility index (Phi) is 5.68. The fourth-order valence-corrected chi connectivity index (χ4v) is 4.56. The van der Waals surface area contributed by atoms with E-state index in [1.165, 1.54) is 24.1 Å². The second-order valence-corrected chi connectivity index (χ2v) is 8.16. The largest absolute Gasteiger partial charge is 0.350 e. The Morgan fingerprint density at radius 2 is 2.00 bits per heavy atom. The number of piperidine rings is 1. The molecule has 25 heavy (non-hydrogen) atoms. The van der Waals surface area contributed by atoms with Crippen molar-refractivity contribution in [2.45, 2.75) is 32.1 Å². The van der Waals surface area contributed by atoms with Crippen molar-refractivity contribution >= 4 is 22.9 Å². The van der Waals surface area contributed by atoms with Gasteiger partial charge < -0.3 is 9.47 Å². The molecule has 2 aliphatic heterocycles. The predicted octanol–water partition coefficient (Wildman–Crippen LogP) is 3.97. The minimum atomic E-state index is -0.00120. The van der Waals surface area contributed by atoms with E-state index in [0.29, 0.717) is 5.92 Å². The van der Waals surface area contributed by atoms with E-state index in [1.807, 2.05) is 12.1 Å².